The number of aromatic nitrogens is 1. The van der Waals surface area contributed by atoms with Crippen LogP contribution in [0.25, 0.3) is 16.5 Å². The Morgan fingerprint density at radius 2 is 1.88 bits per heavy atom. The largest absolute Gasteiger partial charge is 0.492 e. The van der Waals surface area contributed by atoms with Gasteiger partial charge in [0, 0.05) is 54.8 Å². The van der Waals surface area contributed by atoms with E-state index in [1.54, 1.807) is 31.0 Å². The molecule has 2 aromatic rings. The third-order valence-corrected chi connectivity index (χ3v) is 6.44. The maximum absolute atomic E-state index is 13.0. The van der Waals surface area contributed by atoms with Gasteiger partial charge >= 0.3 is 5.97 Å². The van der Waals surface area contributed by atoms with Gasteiger partial charge in [0.1, 0.15) is 18.2 Å². The summed E-state index contributed by atoms with van der Waals surface area (Å²) in [5.41, 5.74) is 2.44. The lowest BCUT2D eigenvalue weighted by molar-refractivity contribution is -0.136. The number of amides is 1. The highest BCUT2D eigenvalue weighted by Crippen LogP contribution is 2.41. The fourth-order valence-corrected chi connectivity index (χ4v) is 4.48. The molecule has 1 aromatic carbocycles. The molecule has 1 aliphatic rings. The van der Waals surface area contributed by atoms with Gasteiger partial charge < -0.3 is 29.0 Å². The van der Waals surface area contributed by atoms with Crippen molar-refractivity contribution in [1.29, 1.82) is 0 Å². The molecule has 0 spiro atoms. The van der Waals surface area contributed by atoms with E-state index in [1.165, 1.54) is 6.08 Å². The van der Waals surface area contributed by atoms with Gasteiger partial charge in [0.25, 0.3) is 0 Å². The number of benzene rings is 1. The summed E-state index contributed by atoms with van der Waals surface area (Å²) in [6, 6.07) is 5.94. The fourth-order valence-electron chi connectivity index (χ4n) is 4.48. The summed E-state index contributed by atoms with van der Waals surface area (Å²) in [4.78, 5) is 33.0. The summed E-state index contributed by atoms with van der Waals surface area (Å²) in [5, 5.41) is 0.992. The molecule has 0 bridgehead atoms. The molecule has 0 radical (unpaired) electrons. The van der Waals surface area contributed by atoms with Crippen LogP contribution in [0.3, 0.4) is 0 Å². The van der Waals surface area contributed by atoms with Crippen molar-refractivity contribution in [2.75, 3.05) is 53.1 Å². The van der Waals surface area contributed by atoms with Crippen LogP contribution in [0, 0.1) is 0 Å². The number of rotatable bonds is 12. The van der Waals surface area contributed by atoms with Crippen molar-refractivity contribution in [3.05, 3.63) is 72.9 Å². The first-order valence-corrected chi connectivity index (χ1v) is 13.8. The van der Waals surface area contributed by atoms with Crippen LogP contribution >= 0.6 is 0 Å². The highest BCUT2D eigenvalue weighted by atomic mass is 19.1. The summed E-state index contributed by atoms with van der Waals surface area (Å²) in [6.45, 7) is 20.0. The zero-order valence-electron chi connectivity index (χ0n) is 25.2. The Morgan fingerprint density at radius 1 is 1.20 bits per heavy atom. The number of carbonyl (C=O) groups excluding carboxylic acids is 2. The smallest absolute Gasteiger partial charge is 0.341 e. The molecule has 0 atom stereocenters. The molecule has 1 aromatic heterocycles. The number of carbonyl (C=O) groups is 2. The maximum atomic E-state index is 13.0. The van der Waals surface area contributed by atoms with E-state index in [2.05, 4.69) is 36.9 Å². The summed E-state index contributed by atoms with van der Waals surface area (Å²) in [7, 11) is 2.04. The molecule has 3 rings (SSSR count). The number of aromatic amines is 1. The Balaban J connectivity index is 0.00000108. The number of hydrogen-bond donors (Lipinski definition) is 1. The molecule has 1 amide bonds. The minimum absolute atomic E-state index is 0.177. The lowest BCUT2D eigenvalue weighted by Crippen LogP contribution is -2.36. The van der Waals surface area contributed by atoms with Crippen LogP contribution in [-0.2, 0) is 24.5 Å². The van der Waals surface area contributed by atoms with Crippen LogP contribution in [0.1, 0.15) is 45.9 Å². The Kier molecular flexibility index (Phi) is 13.0. The van der Waals surface area contributed by atoms with Crippen LogP contribution in [0.4, 0.5) is 4.39 Å². The van der Waals surface area contributed by atoms with Crippen molar-refractivity contribution in [2.45, 2.75) is 40.0 Å². The predicted molar refractivity (Wildman–Crippen MR) is 162 cm³/mol. The predicted octanol–water partition coefficient (Wildman–Crippen LogP) is 5.77. The molecule has 0 saturated heterocycles. The summed E-state index contributed by atoms with van der Waals surface area (Å²) in [5.74, 6) is -0.372. The van der Waals surface area contributed by atoms with Crippen molar-refractivity contribution in [2.24, 2.45) is 0 Å². The second kappa shape index (κ2) is 15.9. The van der Waals surface area contributed by atoms with Crippen LogP contribution in [0.2, 0.25) is 0 Å². The minimum Gasteiger partial charge on any atom is -0.492 e. The molecule has 8 nitrogen and oxygen atoms in total. The van der Waals surface area contributed by atoms with Crippen molar-refractivity contribution >= 4 is 28.4 Å². The van der Waals surface area contributed by atoms with E-state index in [-0.39, 0.29) is 12.5 Å². The first-order valence-electron chi connectivity index (χ1n) is 13.8. The molecule has 224 valence electrons. The van der Waals surface area contributed by atoms with E-state index in [9.17, 15) is 14.0 Å². The SMILES string of the molecule is C/C=C/C(=O)N1C=C(C(=O)OCC)c2[nH]c3cc(OCCN(C)CCOCC)ccc3c2C(C)(C)C1.C=CC(=C)F. The number of H-pyrrole nitrogens is 1. The number of nitrogens with one attached hydrogen (secondary N) is 1. The normalized spacial score (nSPS) is 14.1. The summed E-state index contributed by atoms with van der Waals surface area (Å²) in [6.07, 6.45) is 5.87. The van der Waals surface area contributed by atoms with Gasteiger partial charge in [0.05, 0.1) is 24.5 Å². The fraction of sp³-hybridized carbons (Fsp3) is 0.438. The van der Waals surface area contributed by atoms with Gasteiger partial charge in [-0.25, -0.2) is 9.18 Å². The first kappa shape index (κ1) is 33.5. The third-order valence-electron chi connectivity index (χ3n) is 6.44. The van der Waals surface area contributed by atoms with Crippen LogP contribution in [0.5, 0.6) is 5.75 Å². The zero-order valence-corrected chi connectivity index (χ0v) is 25.2. The van der Waals surface area contributed by atoms with Gasteiger partial charge in [0.15, 0.2) is 0 Å². The standard InChI is InChI=1S/C28H39N3O5.C4H5F/c1-7-10-24(32)31-18-22(27(33)35-9-3)26-25(28(4,5)19-31)21-12-11-20(17-23(21)29-26)36-16-14-30(6)13-15-34-8-2;1-3-4(2)5/h7,10-12,17-18,29H,8-9,13-16,19H2,1-6H3;3H,1-2H2/b10-7+;. The molecule has 9 heteroatoms. The number of halogens is 1. The van der Waals surface area contributed by atoms with E-state index < -0.39 is 17.2 Å². The summed E-state index contributed by atoms with van der Waals surface area (Å²) < 4.78 is 27.9. The molecular formula is C32H44FN3O5. The van der Waals surface area contributed by atoms with E-state index >= 15 is 0 Å². The number of allylic oxidation sites excluding steroid dienone is 3. The van der Waals surface area contributed by atoms with Crippen molar-refractivity contribution in [1.82, 2.24) is 14.8 Å². The number of hydrogen-bond acceptors (Lipinski definition) is 6. The van der Waals surface area contributed by atoms with E-state index in [1.807, 2.05) is 32.2 Å². The molecule has 0 fully saturated rings. The quantitative estimate of drug-likeness (QED) is 0.151. The highest BCUT2D eigenvalue weighted by Gasteiger charge is 2.37. The Morgan fingerprint density at radius 3 is 2.49 bits per heavy atom. The molecule has 1 N–H and O–H groups in total. The topological polar surface area (TPSA) is 84.1 Å². The van der Waals surface area contributed by atoms with Gasteiger partial charge in [-0.15, -0.1) is 0 Å². The molecule has 41 heavy (non-hydrogen) atoms. The molecule has 0 aliphatic carbocycles. The number of nitrogens with zero attached hydrogens (tertiary/aromatic N) is 2. The molecular weight excluding hydrogens is 525 g/mol. The molecule has 1 aliphatic heterocycles. The minimum atomic E-state index is -0.481. The van der Waals surface area contributed by atoms with Gasteiger partial charge in [-0.1, -0.05) is 33.1 Å². The Bertz CT molecular complexity index is 1280. The van der Waals surface area contributed by atoms with E-state index in [4.69, 9.17) is 14.2 Å². The zero-order chi connectivity index (χ0) is 30.6. The Labute approximate surface area is 243 Å². The molecule has 2 heterocycles. The van der Waals surface area contributed by atoms with Gasteiger partial charge in [-0.2, -0.15) is 0 Å². The average Bonchev–Trinajstić information content (AvgIpc) is 3.25. The molecule has 0 unspecified atom stereocenters. The first-order chi connectivity index (χ1) is 19.5. The van der Waals surface area contributed by atoms with Gasteiger partial charge in [-0.3, -0.25) is 4.79 Å². The Hall–Kier alpha value is -3.69. The van der Waals surface area contributed by atoms with Crippen molar-refractivity contribution in [3.8, 4) is 5.75 Å². The monoisotopic (exact) mass is 569 g/mol. The number of fused-ring (bicyclic) bond motifs is 3. The second-order valence-electron chi connectivity index (χ2n) is 10.2. The number of ether oxygens (including phenoxy) is 3. The maximum Gasteiger partial charge on any atom is 0.341 e. The number of likely N-dealkylation sites (N-methyl/N-ethyl adjacent to an activating group) is 1. The van der Waals surface area contributed by atoms with Crippen LogP contribution < -0.4 is 4.74 Å². The summed E-state index contributed by atoms with van der Waals surface area (Å²) >= 11 is 0. The van der Waals surface area contributed by atoms with Crippen LogP contribution in [0.15, 0.2) is 61.6 Å². The van der Waals surface area contributed by atoms with Crippen molar-refractivity contribution in [3.63, 3.8) is 0 Å². The lowest BCUT2D eigenvalue weighted by Gasteiger charge is -2.29. The van der Waals surface area contributed by atoms with E-state index in [0.29, 0.717) is 31.0 Å². The highest BCUT2D eigenvalue weighted by molar-refractivity contribution is 6.18. The van der Waals surface area contributed by atoms with Crippen molar-refractivity contribution < 1.29 is 28.2 Å². The lowest BCUT2D eigenvalue weighted by atomic mass is 9.81. The van der Waals surface area contributed by atoms with Gasteiger partial charge in [-0.05, 0) is 57.7 Å². The third kappa shape index (κ3) is 9.43. The second-order valence-corrected chi connectivity index (χ2v) is 10.2. The van der Waals surface area contributed by atoms with E-state index in [0.717, 1.165) is 48.0 Å². The number of esters is 1. The van der Waals surface area contributed by atoms with Crippen LogP contribution in [-0.4, -0.2) is 79.8 Å². The molecule has 0 saturated carbocycles. The average molecular weight is 570 g/mol. The van der Waals surface area contributed by atoms with Gasteiger partial charge in [0.2, 0.25) is 5.91 Å².